The number of amides is 4. The normalized spacial score (nSPS) is 14.8. The van der Waals surface area contributed by atoms with E-state index in [1.807, 2.05) is 55.5 Å². The van der Waals surface area contributed by atoms with Gasteiger partial charge in [0.25, 0.3) is 11.8 Å². The zero-order chi connectivity index (χ0) is 26.1. The molecule has 184 valence electrons. The quantitative estimate of drug-likeness (QED) is 0.250. The summed E-state index contributed by atoms with van der Waals surface area (Å²) in [7, 11) is 0. The fraction of sp³-hybridized carbons (Fsp3) is 0.100. The Bertz CT molecular complexity index is 1590. The molecule has 1 aliphatic heterocycles. The molecule has 0 spiro atoms. The number of ether oxygens (including phenoxy) is 1. The molecule has 4 aromatic rings. The number of urea groups is 1. The Labute approximate surface area is 219 Å². The van der Waals surface area contributed by atoms with Crippen molar-refractivity contribution in [2.45, 2.75) is 20.5 Å². The predicted molar refractivity (Wildman–Crippen MR) is 145 cm³/mol. The summed E-state index contributed by atoms with van der Waals surface area (Å²) in [6.07, 6.45) is 1.49. The van der Waals surface area contributed by atoms with Crippen molar-refractivity contribution in [1.82, 2.24) is 5.32 Å². The maximum atomic E-state index is 13.4. The number of carbonyl (C=O) groups excluding carboxylic acids is 3. The molecular formula is C30H23ClN2O4. The molecule has 0 saturated carbocycles. The summed E-state index contributed by atoms with van der Waals surface area (Å²) in [4.78, 5) is 39.8. The Morgan fingerprint density at radius 1 is 0.892 bits per heavy atom. The molecule has 4 amide bonds. The highest BCUT2D eigenvalue weighted by Crippen LogP contribution is 2.32. The molecule has 6 nitrogen and oxygen atoms in total. The molecule has 5 rings (SSSR count). The van der Waals surface area contributed by atoms with Crippen molar-refractivity contribution >= 4 is 52.0 Å². The van der Waals surface area contributed by atoms with E-state index < -0.39 is 17.8 Å². The van der Waals surface area contributed by atoms with E-state index in [0.29, 0.717) is 28.6 Å². The molecule has 0 unspecified atom stereocenters. The molecule has 1 N–H and O–H groups in total. The molecule has 1 aliphatic rings. The van der Waals surface area contributed by atoms with Crippen LogP contribution in [0.2, 0.25) is 5.02 Å². The standard InChI is InChI=1S/C30H23ClN2O4/c1-18-7-8-20(15-19(18)2)17-37-27-14-9-21-5-3-4-6-24(21)25(27)16-26-28(34)32-30(36)33(29(26)35)23-12-10-22(31)11-13-23/h3-16H,17H2,1-2H3,(H,32,34,36)/b26-16+. The third-order valence-corrected chi connectivity index (χ3v) is 6.62. The van der Waals surface area contributed by atoms with Crippen LogP contribution < -0.4 is 15.0 Å². The number of fused-ring (bicyclic) bond motifs is 1. The minimum absolute atomic E-state index is 0.179. The Balaban J connectivity index is 1.57. The zero-order valence-corrected chi connectivity index (χ0v) is 21.0. The number of barbiturate groups is 1. The predicted octanol–water partition coefficient (Wildman–Crippen LogP) is 6.36. The van der Waals surface area contributed by atoms with E-state index in [2.05, 4.69) is 18.3 Å². The summed E-state index contributed by atoms with van der Waals surface area (Å²) in [6, 6.07) is 22.9. The van der Waals surface area contributed by atoms with Crippen LogP contribution in [0.4, 0.5) is 10.5 Å². The van der Waals surface area contributed by atoms with Crippen LogP contribution in [0.25, 0.3) is 16.8 Å². The van der Waals surface area contributed by atoms with Crippen molar-refractivity contribution < 1.29 is 19.1 Å². The lowest BCUT2D eigenvalue weighted by Crippen LogP contribution is -2.54. The van der Waals surface area contributed by atoms with Crippen LogP contribution in [-0.4, -0.2) is 17.8 Å². The average Bonchev–Trinajstić information content (AvgIpc) is 2.88. The number of nitrogens with one attached hydrogen (secondary N) is 1. The van der Waals surface area contributed by atoms with E-state index >= 15 is 0 Å². The minimum Gasteiger partial charge on any atom is -0.488 e. The second kappa shape index (κ2) is 9.91. The van der Waals surface area contributed by atoms with E-state index in [9.17, 15) is 14.4 Å². The van der Waals surface area contributed by atoms with E-state index in [0.717, 1.165) is 21.2 Å². The van der Waals surface area contributed by atoms with Gasteiger partial charge >= 0.3 is 6.03 Å². The highest BCUT2D eigenvalue weighted by atomic mass is 35.5. The number of rotatable bonds is 5. The van der Waals surface area contributed by atoms with Gasteiger partial charge in [-0.1, -0.05) is 60.1 Å². The summed E-state index contributed by atoms with van der Waals surface area (Å²) in [5, 5.41) is 4.45. The SMILES string of the molecule is Cc1ccc(COc2ccc3ccccc3c2/C=C2\C(=O)NC(=O)N(c3ccc(Cl)cc3)C2=O)cc1C. The van der Waals surface area contributed by atoms with Crippen molar-refractivity contribution in [3.63, 3.8) is 0 Å². The molecule has 37 heavy (non-hydrogen) atoms. The van der Waals surface area contributed by atoms with Crippen LogP contribution in [-0.2, 0) is 16.2 Å². The molecule has 0 bridgehead atoms. The van der Waals surface area contributed by atoms with Gasteiger partial charge in [-0.3, -0.25) is 14.9 Å². The van der Waals surface area contributed by atoms with Crippen molar-refractivity contribution in [3.8, 4) is 5.75 Å². The smallest absolute Gasteiger partial charge is 0.335 e. The highest BCUT2D eigenvalue weighted by molar-refractivity contribution is 6.39. The molecule has 0 atom stereocenters. The summed E-state index contributed by atoms with van der Waals surface area (Å²) >= 11 is 5.96. The number of halogens is 1. The Morgan fingerprint density at radius 3 is 2.41 bits per heavy atom. The van der Waals surface area contributed by atoms with Gasteiger partial charge in [0.1, 0.15) is 17.9 Å². The first-order chi connectivity index (χ1) is 17.8. The first-order valence-electron chi connectivity index (χ1n) is 11.7. The zero-order valence-electron chi connectivity index (χ0n) is 20.2. The number of nitrogens with zero attached hydrogens (tertiary/aromatic N) is 1. The van der Waals surface area contributed by atoms with E-state index in [-0.39, 0.29) is 5.57 Å². The van der Waals surface area contributed by atoms with Gasteiger partial charge in [0, 0.05) is 10.6 Å². The lowest BCUT2D eigenvalue weighted by atomic mass is 9.99. The van der Waals surface area contributed by atoms with Crippen LogP contribution >= 0.6 is 11.6 Å². The summed E-state index contributed by atoms with van der Waals surface area (Å²) in [6.45, 7) is 4.41. The fourth-order valence-electron chi connectivity index (χ4n) is 4.23. The van der Waals surface area contributed by atoms with Gasteiger partial charge in [0.05, 0.1) is 5.69 Å². The first kappa shape index (κ1) is 24.3. The van der Waals surface area contributed by atoms with Crippen LogP contribution in [0.15, 0.2) is 84.4 Å². The number of anilines is 1. The van der Waals surface area contributed by atoms with Crippen LogP contribution in [0.5, 0.6) is 5.75 Å². The van der Waals surface area contributed by atoms with Gasteiger partial charge in [-0.2, -0.15) is 0 Å². The Kier molecular flexibility index (Phi) is 6.51. The second-order valence-corrected chi connectivity index (χ2v) is 9.28. The Hall–Kier alpha value is -4.42. The van der Waals surface area contributed by atoms with Crippen LogP contribution in [0.3, 0.4) is 0 Å². The summed E-state index contributed by atoms with van der Waals surface area (Å²) < 4.78 is 6.20. The average molecular weight is 511 g/mol. The van der Waals surface area contributed by atoms with E-state index in [1.54, 1.807) is 24.3 Å². The van der Waals surface area contributed by atoms with Gasteiger partial charge in [0.2, 0.25) is 0 Å². The first-order valence-corrected chi connectivity index (χ1v) is 12.1. The van der Waals surface area contributed by atoms with Crippen molar-refractivity contribution in [2.75, 3.05) is 4.90 Å². The molecule has 1 saturated heterocycles. The summed E-state index contributed by atoms with van der Waals surface area (Å²) in [5.74, 6) is -0.989. The topological polar surface area (TPSA) is 75.7 Å². The molecule has 0 radical (unpaired) electrons. The number of imide groups is 2. The van der Waals surface area contributed by atoms with Crippen LogP contribution in [0.1, 0.15) is 22.3 Å². The molecule has 0 aromatic heterocycles. The molecule has 1 fully saturated rings. The van der Waals surface area contributed by atoms with Crippen molar-refractivity contribution in [2.24, 2.45) is 0 Å². The highest BCUT2D eigenvalue weighted by Gasteiger charge is 2.37. The molecule has 1 heterocycles. The van der Waals surface area contributed by atoms with Crippen molar-refractivity contribution in [3.05, 3.63) is 112 Å². The lowest BCUT2D eigenvalue weighted by molar-refractivity contribution is -0.122. The number of aryl methyl sites for hydroxylation is 2. The minimum atomic E-state index is -0.821. The molecule has 4 aromatic carbocycles. The van der Waals surface area contributed by atoms with Gasteiger partial charge < -0.3 is 4.74 Å². The number of hydrogen-bond acceptors (Lipinski definition) is 4. The summed E-state index contributed by atoms with van der Waals surface area (Å²) in [5.41, 5.74) is 4.06. The van der Waals surface area contributed by atoms with Gasteiger partial charge in [-0.25, -0.2) is 9.69 Å². The number of carbonyl (C=O) groups is 3. The monoisotopic (exact) mass is 510 g/mol. The van der Waals surface area contributed by atoms with E-state index in [4.69, 9.17) is 16.3 Å². The van der Waals surface area contributed by atoms with E-state index in [1.165, 1.54) is 17.2 Å². The van der Waals surface area contributed by atoms with Gasteiger partial charge in [-0.15, -0.1) is 0 Å². The molecule has 7 heteroatoms. The van der Waals surface area contributed by atoms with Gasteiger partial charge in [-0.05, 0) is 77.7 Å². The Morgan fingerprint density at radius 2 is 1.65 bits per heavy atom. The third kappa shape index (κ3) is 4.84. The molecule has 0 aliphatic carbocycles. The van der Waals surface area contributed by atoms with Gasteiger partial charge in [0.15, 0.2) is 0 Å². The van der Waals surface area contributed by atoms with Crippen LogP contribution in [0, 0.1) is 13.8 Å². The lowest BCUT2D eigenvalue weighted by Gasteiger charge is -2.26. The molecular weight excluding hydrogens is 488 g/mol. The second-order valence-electron chi connectivity index (χ2n) is 8.84. The number of hydrogen-bond donors (Lipinski definition) is 1. The number of benzene rings is 4. The maximum Gasteiger partial charge on any atom is 0.335 e. The third-order valence-electron chi connectivity index (χ3n) is 6.37. The largest absolute Gasteiger partial charge is 0.488 e. The van der Waals surface area contributed by atoms with Crippen molar-refractivity contribution in [1.29, 1.82) is 0 Å². The maximum absolute atomic E-state index is 13.4. The fourth-order valence-corrected chi connectivity index (χ4v) is 4.36.